The van der Waals surface area contributed by atoms with Gasteiger partial charge in [0.2, 0.25) is 5.91 Å². The molecule has 100 valence electrons. The molecule has 0 unspecified atom stereocenters. The van der Waals surface area contributed by atoms with Crippen LogP contribution in [0, 0.1) is 0 Å². The maximum absolute atomic E-state index is 11.4. The third-order valence-electron chi connectivity index (χ3n) is 3.55. The van der Waals surface area contributed by atoms with E-state index in [0.29, 0.717) is 13.2 Å². The molecule has 2 heterocycles. The second-order valence-electron chi connectivity index (χ2n) is 4.93. The summed E-state index contributed by atoms with van der Waals surface area (Å²) in [6.07, 6.45) is 2.59. The van der Waals surface area contributed by atoms with E-state index in [0.717, 1.165) is 23.1 Å². The number of carbonyl (C=O) groups excluding carboxylic acids is 1. The highest BCUT2D eigenvalue weighted by Gasteiger charge is 2.39. The molecule has 0 spiro atoms. The van der Waals surface area contributed by atoms with Crippen LogP contribution < -0.4 is 4.74 Å². The van der Waals surface area contributed by atoms with Gasteiger partial charge in [0, 0.05) is 12.3 Å². The van der Waals surface area contributed by atoms with Crippen molar-refractivity contribution in [2.75, 3.05) is 13.2 Å². The molecule has 0 radical (unpaired) electrons. The second kappa shape index (κ2) is 4.35. The van der Waals surface area contributed by atoms with Crippen LogP contribution in [0.5, 0.6) is 5.75 Å². The van der Waals surface area contributed by atoms with E-state index < -0.39 is 0 Å². The Labute approximate surface area is 111 Å². The molecular weight excluding hydrogens is 244 g/mol. The van der Waals surface area contributed by atoms with Gasteiger partial charge in [0.15, 0.2) is 5.60 Å². The highest BCUT2D eigenvalue weighted by molar-refractivity contribution is 5.90. The number of hydrogen-bond acceptors (Lipinski definition) is 4. The van der Waals surface area contributed by atoms with Crippen LogP contribution in [0.3, 0.4) is 0 Å². The van der Waals surface area contributed by atoms with Gasteiger partial charge < -0.3 is 9.47 Å². The number of aromatic nitrogens is 2. The topological polar surface area (TPSA) is 53.4 Å². The summed E-state index contributed by atoms with van der Waals surface area (Å²) in [5, 5.41) is 4.98. The molecule has 19 heavy (non-hydrogen) atoms. The third kappa shape index (κ3) is 2.00. The van der Waals surface area contributed by atoms with E-state index in [9.17, 15) is 4.79 Å². The Balaban J connectivity index is 1.92. The summed E-state index contributed by atoms with van der Waals surface area (Å²) in [5.41, 5.74) is 0.611. The molecule has 1 fully saturated rings. The normalized spacial score (nSPS) is 17.2. The molecule has 0 aliphatic carbocycles. The van der Waals surface area contributed by atoms with Crippen molar-refractivity contribution in [3.63, 3.8) is 0 Å². The van der Waals surface area contributed by atoms with Crippen molar-refractivity contribution in [2.24, 2.45) is 0 Å². The van der Waals surface area contributed by atoms with E-state index in [4.69, 9.17) is 9.47 Å². The van der Waals surface area contributed by atoms with Crippen LogP contribution in [-0.4, -0.2) is 34.5 Å². The molecule has 1 aliphatic heterocycles. The minimum absolute atomic E-state index is 0.0962. The standard InChI is InChI=1S/C14H16N2O3/c1-3-14(8-18-9-14)19-12-4-5-13-11(6-12)7-15-16(13)10(2)17/h4-7H,3,8-9H2,1-2H3. The first kappa shape index (κ1) is 12.2. The fraction of sp³-hybridized carbons (Fsp3) is 0.429. The number of hydrogen-bond donors (Lipinski definition) is 0. The van der Waals surface area contributed by atoms with Crippen molar-refractivity contribution in [2.45, 2.75) is 25.9 Å². The van der Waals surface area contributed by atoms with E-state index in [2.05, 4.69) is 12.0 Å². The summed E-state index contributed by atoms with van der Waals surface area (Å²) in [5.74, 6) is 0.696. The monoisotopic (exact) mass is 260 g/mol. The maximum Gasteiger partial charge on any atom is 0.244 e. The minimum Gasteiger partial charge on any atom is -0.482 e. The first-order valence-electron chi connectivity index (χ1n) is 6.39. The van der Waals surface area contributed by atoms with Crippen molar-refractivity contribution in [3.8, 4) is 5.75 Å². The van der Waals surface area contributed by atoms with Gasteiger partial charge in [0.25, 0.3) is 0 Å². The summed E-state index contributed by atoms with van der Waals surface area (Å²) in [7, 11) is 0. The number of benzene rings is 1. The maximum atomic E-state index is 11.4. The molecule has 5 nitrogen and oxygen atoms in total. The molecule has 1 aromatic carbocycles. The average molecular weight is 260 g/mol. The van der Waals surface area contributed by atoms with Crippen LogP contribution in [-0.2, 0) is 4.74 Å². The van der Waals surface area contributed by atoms with Gasteiger partial charge in [0.1, 0.15) is 5.75 Å². The fourth-order valence-corrected chi connectivity index (χ4v) is 2.24. The molecular formula is C14H16N2O3. The van der Waals surface area contributed by atoms with Crippen molar-refractivity contribution in [1.82, 2.24) is 9.78 Å². The van der Waals surface area contributed by atoms with E-state index in [1.807, 2.05) is 18.2 Å². The van der Waals surface area contributed by atoms with E-state index >= 15 is 0 Å². The van der Waals surface area contributed by atoms with Crippen LogP contribution in [0.2, 0.25) is 0 Å². The van der Waals surface area contributed by atoms with Gasteiger partial charge >= 0.3 is 0 Å². The Kier molecular flexibility index (Phi) is 2.78. The fourth-order valence-electron chi connectivity index (χ4n) is 2.24. The second-order valence-corrected chi connectivity index (χ2v) is 4.93. The zero-order valence-electron chi connectivity index (χ0n) is 11.0. The summed E-state index contributed by atoms with van der Waals surface area (Å²) in [6.45, 7) is 4.85. The van der Waals surface area contributed by atoms with Crippen molar-refractivity contribution >= 4 is 16.8 Å². The van der Waals surface area contributed by atoms with Gasteiger partial charge in [-0.25, -0.2) is 4.68 Å². The largest absolute Gasteiger partial charge is 0.482 e. The van der Waals surface area contributed by atoms with Crippen molar-refractivity contribution in [3.05, 3.63) is 24.4 Å². The van der Waals surface area contributed by atoms with Crippen LogP contribution in [0.1, 0.15) is 25.1 Å². The lowest BCUT2D eigenvalue weighted by Gasteiger charge is -2.40. The third-order valence-corrected chi connectivity index (χ3v) is 3.55. The predicted molar refractivity (Wildman–Crippen MR) is 70.5 cm³/mol. The SMILES string of the molecule is CCC1(Oc2ccc3c(cnn3C(C)=O)c2)COC1. The highest BCUT2D eigenvalue weighted by atomic mass is 16.6. The molecule has 0 bridgehead atoms. The Hall–Kier alpha value is -1.88. The number of ether oxygens (including phenoxy) is 2. The van der Waals surface area contributed by atoms with Gasteiger partial charge in [0.05, 0.1) is 24.9 Å². The van der Waals surface area contributed by atoms with Gasteiger partial charge in [-0.05, 0) is 24.6 Å². The summed E-state index contributed by atoms with van der Waals surface area (Å²) in [4.78, 5) is 11.4. The van der Waals surface area contributed by atoms with Crippen molar-refractivity contribution in [1.29, 1.82) is 0 Å². The molecule has 5 heteroatoms. The Bertz CT molecular complexity index is 623. The van der Waals surface area contributed by atoms with E-state index in [1.54, 1.807) is 6.20 Å². The van der Waals surface area contributed by atoms with Gasteiger partial charge in [-0.15, -0.1) is 0 Å². The van der Waals surface area contributed by atoms with Gasteiger partial charge in [-0.3, -0.25) is 4.79 Å². The summed E-state index contributed by atoms with van der Waals surface area (Å²) < 4.78 is 12.6. The molecule has 1 saturated heterocycles. The molecule has 3 rings (SSSR count). The van der Waals surface area contributed by atoms with Crippen LogP contribution in [0.25, 0.3) is 10.9 Å². The van der Waals surface area contributed by atoms with Crippen molar-refractivity contribution < 1.29 is 14.3 Å². The summed E-state index contributed by atoms with van der Waals surface area (Å²) in [6, 6.07) is 5.65. The molecule has 0 saturated carbocycles. The number of carbonyl (C=O) groups is 1. The Morgan fingerprint density at radius 1 is 1.53 bits per heavy atom. The van der Waals surface area contributed by atoms with Crippen LogP contribution in [0.4, 0.5) is 0 Å². The Morgan fingerprint density at radius 2 is 2.32 bits per heavy atom. The van der Waals surface area contributed by atoms with Crippen LogP contribution >= 0.6 is 0 Å². The highest BCUT2D eigenvalue weighted by Crippen LogP contribution is 2.30. The molecule has 0 N–H and O–H groups in total. The summed E-state index contributed by atoms with van der Waals surface area (Å²) >= 11 is 0. The number of fused-ring (bicyclic) bond motifs is 1. The van der Waals surface area contributed by atoms with E-state index in [1.165, 1.54) is 11.6 Å². The van der Waals surface area contributed by atoms with Gasteiger partial charge in [-0.1, -0.05) is 6.92 Å². The minimum atomic E-state index is -0.190. The molecule has 1 aromatic heterocycles. The molecule has 0 atom stereocenters. The zero-order chi connectivity index (χ0) is 13.5. The lowest BCUT2D eigenvalue weighted by atomic mass is 9.98. The van der Waals surface area contributed by atoms with E-state index in [-0.39, 0.29) is 11.5 Å². The molecule has 0 amide bonds. The zero-order valence-corrected chi connectivity index (χ0v) is 11.0. The lowest BCUT2D eigenvalue weighted by Crippen LogP contribution is -2.53. The van der Waals surface area contributed by atoms with Gasteiger partial charge in [-0.2, -0.15) is 5.10 Å². The first-order chi connectivity index (χ1) is 9.13. The number of rotatable bonds is 3. The number of nitrogens with zero attached hydrogens (tertiary/aromatic N) is 2. The first-order valence-corrected chi connectivity index (χ1v) is 6.39. The Morgan fingerprint density at radius 3 is 2.89 bits per heavy atom. The quantitative estimate of drug-likeness (QED) is 0.849. The average Bonchev–Trinajstić information content (AvgIpc) is 2.76. The van der Waals surface area contributed by atoms with Crippen LogP contribution in [0.15, 0.2) is 24.4 Å². The molecule has 1 aliphatic rings. The smallest absolute Gasteiger partial charge is 0.244 e. The predicted octanol–water partition coefficient (Wildman–Crippen LogP) is 2.25. The lowest BCUT2D eigenvalue weighted by molar-refractivity contribution is -0.162. The molecule has 2 aromatic rings.